The van der Waals surface area contributed by atoms with Crippen LogP contribution in [0.5, 0.6) is 0 Å². The topological polar surface area (TPSA) is 115 Å². The Kier molecular flexibility index (Phi) is 4.45. The maximum Gasteiger partial charge on any atom is 0.275 e. The number of fused-ring (bicyclic) bond motifs is 1. The van der Waals surface area contributed by atoms with Crippen molar-refractivity contribution in [2.45, 2.75) is 12.6 Å². The van der Waals surface area contributed by atoms with Gasteiger partial charge in [-0.05, 0) is 17.7 Å². The Labute approximate surface area is 165 Å². The highest BCUT2D eigenvalue weighted by molar-refractivity contribution is 6.04. The van der Waals surface area contributed by atoms with E-state index in [0.717, 1.165) is 10.9 Å². The van der Waals surface area contributed by atoms with E-state index in [0.29, 0.717) is 43.4 Å². The first-order chi connectivity index (χ1) is 14.3. The normalized spacial score (nSPS) is 17.0. The van der Waals surface area contributed by atoms with Crippen molar-refractivity contribution in [3.63, 3.8) is 0 Å². The predicted octanol–water partition coefficient (Wildman–Crippen LogP) is 1.21. The van der Waals surface area contributed by atoms with Crippen LogP contribution in [0.1, 0.15) is 28.0 Å². The molecule has 1 aliphatic heterocycles. The summed E-state index contributed by atoms with van der Waals surface area (Å²) in [4.78, 5) is 19.5. The average molecular weight is 390 g/mol. The van der Waals surface area contributed by atoms with Crippen molar-refractivity contribution < 1.29 is 9.53 Å². The molecule has 3 aromatic heterocycles. The summed E-state index contributed by atoms with van der Waals surface area (Å²) in [6.07, 6.45) is 1.29. The summed E-state index contributed by atoms with van der Waals surface area (Å²) in [6, 6.07) is 13.7. The number of benzene rings is 1. The Balaban J connectivity index is 1.46. The summed E-state index contributed by atoms with van der Waals surface area (Å²) in [6.45, 7) is 1.74. The first-order valence-electron chi connectivity index (χ1n) is 9.29. The molecule has 1 N–H and O–H groups in total. The number of pyridine rings is 1. The van der Waals surface area contributed by atoms with Gasteiger partial charge in [-0.2, -0.15) is 10.3 Å². The number of carbonyl (C=O) groups is 1. The van der Waals surface area contributed by atoms with Crippen molar-refractivity contribution in [1.29, 1.82) is 0 Å². The maximum atomic E-state index is 13.3. The number of hydrogen-bond donors (Lipinski definition) is 1. The number of rotatable bonds is 4. The highest BCUT2D eigenvalue weighted by Gasteiger charge is 2.31. The molecule has 146 valence electrons. The monoisotopic (exact) mass is 390 g/mol. The van der Waals surface area contributed by atoms with E-state index >= 15 is 0 Å². The van der Waals surface area contributed by atoms with Gasteiger partial charge >= 0.3 is 0 Å². The smallest absolute Gasteiger partial charge is 0.275 e. The van der Waals surface area contributed by atoms with E-state index in [4.69, 9.17) is 4.74 Å². The highest BCUT2D eigenvalue weighted by atomic mass is 16.5. The number of ether oxygens (including phenoxy) is 1. The van der Waals surface area contributed by atoms with E-state index in [1.807, 2.05) is 42.5 Å². The van der Waals surface area contributed by atoms with Crippen molar-refractivity contribution >= 4 is 16.9 Å². The van der Waals surface area contributed by atoms with Crippen LogP contribution in [0.3, 0.4) is 0 Å². The van der Waals surface area contributed by atoms with Crippen molar-refractivity contribution in [1.82, 2.24) is 40.3 Å². The number of nitrogens with one attached hydrogen (secondary N) is 1. The lowest BCUT2D eigenvalue weighted by molar-refractivity contribution is -0.0269. The van der Waals surface area contributed by atoms with E-state index in [9.17, 15) is 4.79 Å². The van der Waals surface area contributed by atoms with Gasteiger partial charge in [0.05, 0.1) is 25.1 Å². The van der Waals surface area contributed by atoms with Gasteiger partial charge in [0.25, 0.3) is 5.91 Å². The van der Waals surface area contributed by atoms with E-state index in [-0.39, 0.29) is 5.91 Å². The van der Waals surface area contributed by atoms with Gasteiger partial charge in [-0.15, -0.1) is 10.2 Å². The second-order valence-corrected chi connectivity index (χ2v) is 6.75. The highest BCUT2D eigenvalue weighted by Crippen LogP contribution is 2.23. The Morgan fingerprint density at radius 2 is 2.10 bits per heavy atom. The lowest BCUT2D eigenvalue weighted by atomic mass is 10.2. The predicted molar refractivity (Wildman–Crippen MR) is 102 cm³/mol. The number of hydrogen-bond acceptors (Lipinski definition) is 7. The number of carbonyl (C=O) groups excluding carboxylic acids is 1. The Morgan fingerprint density at radius 3 is 2.93 bits per heavy atom. The second-order valence-electron chi connectivity index (χ2n) is 6.75. The fourth-order valence-electron chi connectivity index (χ4n) is 3.48. The molecule has 1 atom stereocenters. The molecule has 0 radical (unpaired) electrons. The maximum absolute atomic E-state index is 13.3. The fourth-order valence-corrected chi connectivity index (χ4v) is 3.48. The molecule has 29 heavy (non-hydrogen) atoms. The Morgan fingerprint density at radius 1 is 1.21 bits per heavy atom. The van der Waals surface area contributed by atoms with Crippen LogP contribution in [0, 0.1) is 0 Å². The second kappa shape index (κ2) is 7.40. The number of aromatic nitrogens is 7. The van der Waals surface area contributed by atoms with Crippen LogP contribution in [-0.2, 0) is 11.3 Å². The van der Waals surface area contributed by atoms with Gasteiger partial charge in [-0.1, -0.05) is 35.5 Å². The van der Waals surface area contributed by atoms with Crippen LogP contribution in [-0.4, -0.2) is 65.9 Å². The molecule has 1 saturated heterocycles. The van der Waals surface area contributed by atoms with Gasteiger partial charge in [-0.25, -0.2) is 9.67 Å². The zero-order valence-electron chi connectivity index (χ0n) is 15.5. The van der Waals surface area contributed by atoms with Gasteiger partial charge < -0.3 is 9.64 Å². The minimum atomic E-state index is -0.415. The van der Waals surface area contributed by atoms with Crippen LogP contribution in [0.15, 0.2) is 48.7 Å². The third-order valence-electron chi connectivity index (χ3n) is 4.89. The van der Waals surface area contributed by atoms with Crippen LogP contribution in [0.25, 0.3) is 11.0 Å². The van der Waals surface area contributed by atoms with E-state index in [2.05, 4.69) is 30.7 Å². The van der Waals surface area contributed by atoms with Gasteiger partial charge in [0.1, 0.15) is 6.10 Å². The Hall–Kier alpha value is -3.66. The molecule has 4 heterocycles. The third-order valence-corrected chi connectivity index (χ3v) is 4.89. The minimum Gasteiger partial charge on any atom is -0.366 e. The first-order valence-corrected chi connectivity index (χ1v) is 9.29. The van der Waals surface area contributed by atoms with Gasteiger partial charge in [0, 0.05) is 12.7 Å². The molecule has 1 amide bonds. The van der Waals surface area contributed by atoms with Crippen molar-refractivity contribution in [3.8, 4) is 0 Å². The third kappa shape index (κ3) is 3.34. The van der Waals surface area contributed by atoms with Crippen molar-refractivity contribution in [3.05, 3.63) is 65.7 Å². The standard InChI is InChI=1S/C19H18N8O2/c28-19(26-9-10-29-15(12-26)17-21-24-25-22-17)16-14-7-4-8-20-18(14)27(23-16)11-13-5-2-1-3-6-13/h1-8,15H,9-12H2,(H,21,22,24,25). The van der Waals surface area contributed by atoms with E-state index < -0.39 is 6.10 Å². The fraction of sp³-hybridized carbons (Fsp3) is 0.263. The number of morpholine rings is 1. The van der Waals surface area contributed by atoms with Gasteiger partial charge in [-0.3, -0.25) is 4.79 Å². The van der Waals surface area contributed by atoms with Crippen LogP contribution >= 0.6 is 0 Å². The lowest BCUT2D eigenvalue weighted by Gasteiger charge is -2.31. The van der Waals surface area contributed by atoms with Crippen LogP contribution in [0.4, 0.5) is 0 Å². The zero-order valence-corrected chi connectivity index (χ0v) is 15.5. The summed E-state index contributed by atoms with van der Waals surface area (Å²) < 4.78 is 7.47. The summed E-state index contributed by atoms with van der Waals surface area (Å²) in [7, 11) is 0. The number of tetrazole rings is 1. The molecule has 1 aromatic carbocycles. The zero-order chi connectivity index (χ0) is 19.6. The minimum absolute atomic E-state index is 0.161. The van der Waals surface area contributed by atoms with Crippen molar-refractivity contribution in [2.24, 2.45) is 0 Å². The summed E-state index contributed by atoms with van der Waals surface area (Å²) in [5.41, 5.74) is 2.16. The number of nitrogens with zero attached hydrogens (tertiary/aromatic N) is 7. The van der Waals surface area contributed by atoms with Gasteiger partial charge in [0.15, 0.2) is 11.3 Å². The van der Waals surface area contributed by atoms with E-state index in [1.54, 1.807) is 15.8 Å². The average Bonchev–Trinajstić information content (AvgIpc) is 3.43. The van der Waals surface area contributed by atoms with Gasteiger partial charge in [0.2, 0.25) is 5.82 Å². The SMILES string of the molecule is O=C(c1nn(Cc2ccccc2)c2ncccc12)N1CCOC(c2nn[nH]n2)C1. The molecule has 0 aliphatic carbocycles. The molecule has 0 saturated carbocycles. The molecule has 10 nitrogen and oxygen atoms in total. The molecule has 1 fully saturated rings. The largest absolute Gasteiger partial charge is 0.366 e. The first kappa shape index (κ1) is 17.4. The summed E-state index contributed by atoms with van der Waals surface area (Å²) >= 11 is 0. The quantitative estimate of drug-likeness (QED) is 0.557. The lowest BCUT2D eigenvalue weighted by Crippen LogP contribution is -2.42. The Bertz CT molecular complexity index is 1130. The molecule has 4 aromatic rings. The molecule has 1 unspecified atom stereocenters. The molecule has 5 rings (SSSR count). The van der Waals surface area contributed by atoms with E-state index in [1.165, 1.54) is 0 Å². The number of amides is 1. The molecular formula is C19H18N8O2. The molecule has 0 bridgehead atoms. The molecular weight excluding hydrogens is 372 g/mol. The molecule has 0 spiro atoms. The molecule has 1 aliphatic rings. The summed E-state index contributed by atoms with van der Waals surface area (Å²) in [5, 5.41) is 19.3. The van der Waals surface area contributed by atoms with Crippen LogP contribution in [0.2, 0.25) is 0 Å². The number of H-pyrrole nitrogens is 1. The van der Waals surface area contributed by atoms with Crippen LogP contribution < -0.4 is 0 Å². The van der Waals surface area contributed by atoms with Crippen molar-refractivity contribution in [2.75, 3.05) is 19.7 Å². The summed E-state index contributed by atoms with van der Waals surface area (Å²) in [5.74, 6) is 0.273. The number of aromatic amines is 1. The molecule has 10 heteroatoms.